The first-order chi connectivity index (χ1) is 12.5. The Hall–Kier alpha value is -2.74. The Bertz CT molecular complexity index is 782. The molecule has 2 rings (SSSR count). The van der Waals surface area contributed by atoms with Crippen molar-refractivity contribution in [1.29, 1.82) is 0 Å². The van der Waals surface area contributed by atoms with Gasteiger partial charge in [-0.3, -0.25) is 9.98 Å². The Labute approximate surface area is 149 Å². The van der Waals surface area contributed by atoms with Crippen molar-refractivity contribution in [3.05, 3.63) is 46.8 Å². The van der Waals surface area contributed by atoms with Crippen LogP contribution in [0.3, 0.4) is 0 Å². The van der Waals surface area contributed by atoms with E-state index in [4.69, 9.17) is 4.74 Å². The molecule has 0 unspecified atom stereocenters. The van der Waals surface area contributed by atoms with E-state index in [1.165, 1.54) is 25.6 Å². The highest BCUT2D eigenvalue weighted by Gasteiger charge is 2.11. The Morgan fingerprint density at radius 3 is 2.73 bits per heavy atom. The molecule has 0 spiro atoms. The molecule has 140 valence electrons. The summed E-state index contributed by atoms with van der Waals surface area (Å²) in [4.78, 5) is 8.24. The highest BCUT2D eigenvalue weighted by atomic mass is 19.3. The second-order valence-electron chi connectivity index (χ2n) is 5.44. The van der Waals surface area contributed by atoms with Crippen molar-refractivity contribution in [1.82, 2.24) is 4.98 Å². The van der Waals surface area contributed by atoms with Crippen LogP contribution in [0.25, 0.3) is 0 Å². The topological polar surface area (TPSA) is 84.2 Å². The lowest BCUT2D eigenvalue weighted by Gasteiger charge is -2.11. The molecule has 0 amide bonds. The number of nitrogens with zero attached hydrogens (tertiary/aromatic N) is 2. The molecule has 1 aromatic carbocycles. The van der Waals surface area contributed by atoms with Crippen LogP contribution in [0.4, 0.5) is 8.78 Å². The number of ether oxygens (including phenoxy) is 2. The fraction of sp³-hybridized carbons (Fsp3) is 0.333. The summed E-state index contributed by atoms with van der Waals surface area (Å²) in [5.74, 6) is 0.173. The Balaban J connectivity index is 2.06. The fourth-order valence-corrected chi connectivity index (χ4v) is 2.33. The summed E-state index contributed by atoms with van der Waals surface area (Å²) in [7, 11) is 1.38. The van der Waals surface area contributed by atoms with E-state index in [9.17, 15) is 19.0 Å². The minimum Gasteiger partial charge on any atom is -0.505 e. The average Bonchev–Trinajstić information content (AvgIpc) is 2.62. The summed E-state index contributed by atoms with van der Waals surface area (Å²) in [6.45, 7) is -1.13. The van der Waals surface area contributed by atoms with E-state index in [-0.39, 0.29) is 23.9 Å². The number of aliphatic hydroxyl groups excluding tert-OH is 1. The van der Waals surface area contributed by atoms with Gasteiger partial charge in [0, 0.05) is 30.1 Å². The first-order valence-electron chi connectivity index (χ1n) is 7.86. The summed E-state index contributed by atoms with van der Waals surface area (Å²) in [5, 5.41) is 19.4. The lowest BCUT2D eigenvalue weighted by atomic mass is 10.1. The van der Waals surface area contributed by atoms with Gasteiger partial charge in [0.1, 0.15) is 5.75 Å². The van der Waals surface area contributed by atoms with Crippen molar-refractivity contribution in [3.8, 4) is 17.2 Å². The van der Waals surface area contributed by atoms with E-state index in [2.05, 4.69) is 14.7 Å². The van der Waals surface area contributed by atoms with Crippen LogP contribution in [0, 0.1) is 6.92 Å². The van der Waals surface area contributed by atoms with Crippen molar-refractivity contribution in [2.75, 3.05) is 13.7 Å². The van der Waals surface area contributed by atoms with Gasteiger partial charge < -0.3 is 19.7 Å². The zero-order valence-electron chi connectivity index (χ0n) is 14.4. The van der Waals surface area contributed by atoms with Gasteiger partial charge >= 0.3 is 6.61 Å². The SMILES string of the molecule is COc1cc(CCN=Cc2c(CO)cnc(C)c2O)ccc1OC(F)F. The summed E-state index contributed by atoms with van der Waals surface area (Å²) in [6.07, 6.45) is 3.51. The van der Waals surface area contributed by atoms with E-state index < -0.39 is 6.61 Å². The van der Waals surface area contributed by atoms with Crippen LogP contribution in [0.15, 0.2) is 29.4 Å². The molecule has 2 N–H and O–H groups in total. The molecule has 0 fully saturated rings. The summed E-state index contributed by atoms with van der Waals surface area (Å²) in [5.41, 5.74) is 2.19. The molecule has 0 aliphatic heterocycles. The number of benzene rings is 1. The standard InChI is InChI=1S/C18H20F2N2O4/c1-11-17(24)14(13(10-23)8-22-11)9-21-6-5-12-3-4-15(26-18(19)20)16(7-12)25-2/h3-4,7-9,18,23-24H,5-6,10H2,1-2H3. The second-order valence-corrected chi connectivity index (χ2v) is 5.44. The lowest BCUT2D eigenvalue weighted by molar-refractivity contribution is -0.0512. The number of hydrogen-bond acceptors (Lipinski definition) is 6. The number of hydrogen-bond donors (Lipinski definition) is 2. The highest BCUT2D eigenvalue weighted by molar-refractivity contribution is 5.85. The number of aromatic hydroxyl groups is 1. The van der Waals surface area contributed by atoms with Crippen LogP contribution in [-0.2, 0) is 13.0 Å². The molecule has 2 aromatic rings. The fourth-order valence-electron chi connectivity index (χ4n) is 2.33. The smallest absolute Gasteiger partial charge is 0.387 e. The number of halogens is 2. The van der Waals surface area contributed by atoms with E-state index in [1.54, 1.807) is 19.1 Å². The second kappa shape index (κ2) is 9.10. The average molecular weight is 366 g/mol. The molecule has 0 bridgehead atoms. The number of aromatic nitrogens is 1. The lowest BCUT2D eigenvalue weighted by Crippen LogP contribution is -2.04. The number of aliphatic hydroxyl groups is 1. The van der Waals surface area contributed by atoms with Gasteiger partial charge in [-0.05, 0) is 31.0 Å². The number of rotatable bonds is 8. The van der Waals surface area contributed by atoms with Gasteiger partial charge in [0.2, 0.25) is 0 Å². The first-order valence-corrected chi connectivity index (χ1v) is 7.86. The van der Waals surface area contributed by atoms with Crippen LogP contribution >= 0.6 is 0 Å². The number of methoxy groups -OCH3 is 1. The van der Waals surface area contributed by atoms with Crippen LogP contribution in [0.2, 0.25) is 0 Å². The Morgan fingerprint density at radius 2 is 2.08 bits per heavy atom. The van der Waals surface area contributed by atoms with Gasteiger partial charge in [0.15, 0.2) is 11.5 Å². The van der Waals surface area contributed by atoms with Gasteiger partial charge in [-0.25, -0.2) is 0 Å². The molecular weight excluding hydrogens is 346 g/mol. The van der Waals surface area contributed by atoms with E-state index in [0.29, 0.717) is 29.8 Å². The predicted molar refractivity (Wildman–Crippen MR) is 92.4 cm³/mol. The van der Waals surface area contributed by atoms with Gasteiger partial charge in [-0.1, -0.05) is 6.07 Å². The minimum atomic E-state index is -2.92. The molecule has 0 radical (unpaired) electrons. The zero-order chi connectivity index (χ0) is 19.1. The van der Waals surface area contributed by atoms with Crippen molar-refractivity contribution >= 4 is 6.21 Å². The number of pyridine rings is 1. The molecule has 0 saturated carbocycles. The van der Waals surface area contributed by atoms with Crippen LogP contribution < -0.4 is 9.47 Å². The van der Waals surface area contributed by atoms with Crippen LogP contribution in [-0.4, -0.2) is 41.7 Å². The van der Waals surface area contributed by atoms with Crippen molar-refractivity contribution in [3.63, 3.8) is 0 Å². The van der Waals surface area contributed by atoms with Crippen molar-refractivity contribution in [2.45, 2.75) is 26.6 Å². The number of aliphatic imine (C=N–C) groups is 1. The van der Waals surface area contributed by atoms with Crippen LogP contribution in [0.5, 0.6) is 17.2 Å². The molecule has 1 aromatic heterocycles. The molecule has 26 heavy (non-hydrogen) atoms. The highest BCUT2D eigenvalue weighted by Crippen LogP contribution is 2.29. The monoisotopic (exact) mass is 366 g/mol. The normalized spacial score (nSPS) is 11.3. The maximum absolute atomic E-state index is 12.3. The Morgan fingerprint density at radius 1 is 1.31 bits per heavy atom. The third-order valence-electron chi connectivity index (χ3n) is 3.72. The quantitative estimate of drug-likeness (QED) is 0.702. The summed E-state index contributed by atoms with van der Waals surface area (Å²) < 4.78 is 34.1. The predicted octanol–water partition coefficient (Wildman–Crippen LogP) is 2.86. The Kier molecular flexibility index (Phi) is 6.85. The molecule has 0 atom stereocenters. The number of aryl methyl sites for hydroxylation is 1. The molecule has 0 aliphatic rings. The van der Waals surface area contributed by atoms with Gasteiger partial charge in [-0.15, -0.1) is 0 Å². The number of alkyl halides is 2. The van der Waals surface area contributed by atoms with Crippen LogP contribution in [0.1, 0.15) is 22.4 Å². The molecular formula is C18H20F2N2O4. The maximum Gasteiger partial charge on any atom is 0.387 e. The maximum atomic E-state index is 12.3. The summed E-state index contributed by atoms with van der Waals surface area (Å²) >= 11 is 0. The molecule has 8 heteroatoms. The van der Waals surface area contributed by atoms with Crippen molar-refractivity contribution < 1.29 is 28.5 Å². The van der Waals surface area contributed by atoms with Gasteiger partial charge in [0.25, 0.3) is 0 Å². The van der Waals surface area contributed by atoms with E-state index in [1.807, 2.05) is 0 Å². The molecule has 0 saturated heterocycles. The zero-order valence-corrected chi connectivity index (χ0v) is 14.4. The van der Waals surface area contributed by atoms with E-state index in [0.717, 1.165) is 5.56 Å². The van der Waals surface area contributed by atoms with Crippen molar-refractivity contribution in [2.24, 2.45) is 4.99 Å². The largest absolute Gasteiger partial charge is 0.505 e. The molecule has 6 nitrogen and oxygen atoms in total. The third kappa shape index (κ3) is 4.89. The third-order valence-corrected chi connectivity index (χ3v) is 3.72. The summed E-state index contributed by atoms with van der Waals surface area (Å²) in [6, 6.07) is 4.69. The van der Waals surface area contributed by atoms with Gasteiger partial charge in [0.05, 0.1) is 19.4 Å². The van der Waals surface area contributed by atoms with E-state index >= 15 is 0 Å². The first kappa shape index (κ1) is 19.6. The minimum absolute atomic E-state index is 0.0181. The molecule has 1 heterocycles. The van der Waals surface area contributed by atoms with Gasteiger partial charge in [-0.2, -0.15) is 8.78 Å². The molecule has 0 aliphatic carbocycles.